The van der Waals surface area contributed by atoms with Crippen LogP contribution in [0.3, 0.4) is 0 Å². The van der Waals surface area contributed by atoms with Crippen LogP contribution in [0.25, 0.3) is 0 Å². The van der Waals surface area contributed by atoms with Gasteiger partial charge in [-0.15, -0.1) is 0 Å². The number of anilines is 1. The molecule has 1 aromatic carbocycles. The fourth-order valence-corrected chi connectivity index (χ4v) is 2.56. The fourth-order valence-electron chi connectivity index (χ4n) is 2.56. The molecule has 2 aliphatic heterocycles. The minimum absolute atomic E-state index is 0.147. The van der Waals surface area contributed by atoms with Gasteiger partial charge in [-0.1, -0.05) is 0 Å². The van der Waals surface area contributed by atoms with E-state index in [1.165, 1.54) is 0 Å². The number of nitro groups is 1. The molecule has 2 aliphatic rings. The molecule has 0 spiro atoms. The predicted octanol–water partition coefficient (Wildman–Crippen LogP) is 1.12. The number of ether oxygens (including phenoxy) is 1. The van der Waals surface area contributed by atoms with Crippen molar-refractivity contribution in [1.82, 2.24) is 4.90 Å². The van der Waals surface area contributed by atoms with Crippen LogP contribution in [0.5, 0.6) is 0 Å². The maximum absolute atomic E-state index is 10.6. The number of hydrogen-bond donors (Lipinski definition) is 0. The highest BCUT2D eigenvalue weighted by molar-refractivity contribution is 5.51. The molecular formula is C13H17N3O3. The Morgan fingerprint density at radius 2 is 1.74 bits per heavy atom. The number of nitro benzene ring substituents is 1. The molecule has 2 heterocycles. The van der Waals surface area contributed by atoms with Crippen molar-refractivity contribution < 1.29 is 9.66 Å². The van der Waals surface area contributed by atoms with Crippen molar-refractivity contribution in [2.24, 2.45) is 0 Å². The zero-order valence-corrected chi connectivity index (χ0v) is 10.7. The number of piperazine rings is 1. The second-order valence-electron chi connectivity index (χ2n) is 4.99. The highest BCUT2D eigenvalue weighted by Crippen LogP contribution is 2.22. The second-order valence-corrected chi connectivity index (χ2v) is 4.99. The molecule has 3 rings (SSSR count). The summed E-state index contributed by atoms with van der Waals surface area (Å²) in [7, 11) is 0. The van der Waals surface area contributed by atoms with Gasteiger partial charge in [0.05, 0.1) is 24.2 Å². The standard InChI is InChI=1S/C13H17N3O3/c17-16(18)12-3-1-11(2-4-12)14-5-7-15(8-6-14)13-9-19-10-13/h1-4,13H,5-10H2. The lowest BCUT2D eigenvalue weighted by molar-refractivity contribution is -0.384. The normalized spacial score (nSPS) is 21.2. The molecule has 0 aromatic heterocycles. The van der Waals surface area contributed by atoms with Crippen molar-refractivity contribution in [3.05, 3.63) is 34.4 Å². The Morgan fingerprint density at radius 1 is 1.11 bits per heavy atom. The van der Waals surface area contributed by atoms with Gasteiger partial charge in [0, 0.05) is 44.0 Å². The molecule has 1 aromatic rings. The summed E-state index contributed by atoms with van der Waals surface area (Å²) < 4.78 is 5.22. The SMILES string of the molecule is O=[N+]([O-])c1ccc(N2CCN(C3COC3)CC2)cc1. The number of non-ortho nitro benzene ring substituents is 1. The van der Waals surface area contributed by atoms with Gasteiger partial charge in [-0.3, -0.25) is 15.0 Å². The summed E-state index contributed by atoms with van der Waals surface area (Å²) in [4.78, 5) is 15.0. The van der Waals surface area contributed by atoms with Crippen molar-refractivity contribution in [2.45, 2.75) is 6.04 Å². The molecule has 0 unspecified atom stereocenters. The molecule has 19 heavy (non-hydrogen) atoms. The summed E-state index contributed by atoms with van der Waals surface area (Å²) in [6, 6.07) is 7.41. The highest BCUT2D eigenvalue weighted by Gasteiger charge is 2.28. The Bertz CT molecular complexity index is 451. The maximum Gasteiger partial charge on any atom is 0.269 e. The van der Waals surface area contributed by atoms with Crippen LogP contribution in [0.2, 0.25) is 0 Å². The van der Waals surface area contributed by atoms with Crippen molar-refractivity contribution in [2.75, 3.05) is 44.3 Å². The monoisotopic (exact) mass is 263 g/mol. The molecule has 2 fully saturated rings. The third kappa shape index (κ3) is 2.54. The quantitative estimate of drug-likeness (QED) is 0.604. The average molecular weight is 263 g/mol. The first-order chi connectivity index (χ1) is 9.24. The first kappa shape index (κ1) is 12.4. The summed E-state index contributed by atoms with van der Waals surface area (Å²) in [6.45, 7) is 5.72. The maximum atomic E-state index is 10.6. The first-order valence-electron chi connectivity index (χ1n) is 6.55. The summed E-state index contributed by atoms with van der Waals surface area (Å²) in [5.74, 6) is 0. The van der Waals surface area contributed by atoms with Gasteiger partial charge in [-0.2, -0.15) is 0 Å². The molecular weight excluding hydrogens is 246 g/mol. The summed E-state index contributed by atoms with van der Waals surface area (Å²) >= 11 is 0. The van der Waals surface area contributed by atoms with Crippen LogP contribution in [-0.2, 0) is 4.74 Å². The van der Waals surface area contributed by atoms with E-state index in [0.29, 0.717) is 6.04 Å². The molecule has 0 bridgehead atoms. The minimum Gasteiger partial charge on any atom is -0.378 e. The van der Waals surface area contributed by atoms with Crippen LogP contribution >= 0.6 is 0 Å². The van der Waals surface area contributed by atoms with E-state index in [0.717, 1.165) is 45.1 Å². The van der Waals surface area contributed by atoms with Gasteiger partial charge in [0.2, 0.25) is 0 Å². The van der Waals surface area contributed by atoms with E-state index < -0.39 is 0 Å². The van der Waals surface area contributed by atoms with E-state index in [2.05, 4.69) is 9.80 Å². The number of benzene rings is 1. The van der Waals surface area contributed by atoms with Gasteiger partial charge in [0.1, 0.15) is 0 Å². The van der Waals surface area contributed by atoms with Crippen LogP contribution in [0, 0.1) is 10.1 Å². The van der Waals surface area contributed by atoms with Gasteiger partial charge in [0.25, 0.3) is 5.69 Å². The van der Waals surface area contributed by atoms with Crippen LogP contribution in [0.15, 0.2) is 24.3 Å². The highest BCUT2D eigenvalue weighted by atomic mass is 16.6. The topological polar surface area (TPSA) is 58.9 Å². The minimum atomic E-state index is -0.363. The van der Waals surface area contributed by atoms with E-state index in [9.17, 15) is 10.1 Å². The van der Waals surface area contributed by atoms with Crippen molar-refractivity contribution in [1.29, 1.82) is 0 Å². The van der Waals surface area contributed by atoms with E-state index in [4.69, 9.17) is 4.74 Å². The Hall–Kier alpha value is -1.66. The molecule has 0 atom stereocenters. The zero-order chi connectivity index (χ0) is 13.2. The van der Waals surface area contributed by atoms with E-state index in [-0.39, 0.29) is 10.6 Å². The molecule has 0 saturated carbocycles. The van der Waals surface area contributed by atoms with Crippen LogP contribution in [0.4, 0.5) is 11.4 Å². The fraction of sp³-hybridized carbons (Fsp3) is 0.538. The molecule has 2 saturated heterocycles. The third-order valence-corrected chi connectivity index (χ3v) is 3.88. The molecule has 0 aliphatic carbocycles. The summed E-state index contributed by atoms with van der Waals surface area (Å²) in [6.07, 6.45) is 0. The zero-order valence-electron chi connectivity index (χ0n) is 10.7. The molecule has 0 radical (unpaired) electrons. The van der Waals surface area contributed by atoms with Gasteiger partial charge >= 0.3 is 0 Å². The van der Waals surface area contributed by atoms with Crippen molar-refractivity contribution in [3.8, 4) is 0 Å². The molecule has 6 nitrogen and oxygen atoms in total. The lowest BCUT2D eigenvalue weighted by Gasteiger charge is -2.43. The average Bonchev–Trinajstić information content (AvgIpc) is 2.38. The Morgan fingerprint density at radius 3 is 2.21 bits per heavy atom. The van der Waals surface area contributed by atoms with Gasteiger partial charge in [-0.25, -0.2) is 0 Å². The Kier molecular flexibility index (Phi) is 3.35. The van der Waals surface area contributed by atoms with E-state index in [1.807, 2.05) is 12.1 Å². The molecule has 0 N–H and O–H groups in total. The Labute approximate surface area is 111 Å². The van der Waals surface area contributed by atoms with Crippen LogP contribution < -0.4 is 4.90 Å². The van der Waals surface area contributed by atoms with Crippen LogP contribution in [-0.4, -0.2) is 55.3 Å². The molecule has 0 amide bonds. The second kappa shape index (κ2) is 5.14. The van der Waals surface area contributed by atoms with Crippen LogP contribution in [0.1, 0.15) is 0 Å². The van der Waals surface area contributed by atoms with Gasteiger partial charge in [0.15, 0.2) is 0 Å². The lowest BCUT2D eigenvalue weighted by Crippen LogP contribution is -2.56. The third-order valence-electron chi connectivity index (χ3n) is 3.88. The number of hydrogen-bond acceptors (Lipinski definition) is 5. The number of nitrogens with zero attached hydrogens (tertiary/aromatic N) is 3. The van der Waals surface area contributed by atoms with E-state index in [1.54, 1.807) is 12.1 Å². The predicted molar refractivity (Wildman–Crippen MR) is 71.5 cm³/mol. The van der Waals surface area contributed by atoms with Gasteiger partial charge in [-0.05, 0) is 12.1 Å². The summed E-state index contributed by atoms with van der Waals surface area (Å²) in [5.41, 5.74) is 1.21. The first-order valence-corrected chi connectivity index (χ1v) is 6.55. The van der Waals surface area contributed by atoms with Crippen molar-refractivity contribution in [3.63, 3.8) is 0 Å². The smallest absolute Gasteiger partial charge is 0.269 e. The lowest BCUT2D eigenvalue weighted by atomic mass is 10.1. The summed E-state index contributed by atoms with van der Waals surface area (Å²) in [5, 5.41) is 10.6. The Balaban J connectivity index is 1.59. The van der Waals surface area contributed by atoms with Crippen molar-refractivity contribution >= 4 is 11.4 Å². The van der Waals surface area contributed by atoms with E-state index >= 15 is 0 Å². The largest absolute Gasteiger partial charge is 0.378 e. The van der Waals surface area contributed by atoms with Gasteiger partial charge < -0.3 is 9.64 Å². The molecule has 102 valence electrons. The number of rotatable bonds is 3. The molecule has 6 heteroatoms.